The maximum Gasteiger partial charge on any atom is 0.254 e. The van der Waals surface area contributed by atoms with E-state index >= 15 is 0 Å². The molecule has 2 heterocycles. The van der Waals surface area contributed by atoms with Crippen LogP contribution >= 0.6 is 0 Å². The molecule has 0 aliphatic carbocycles. The number of likely N-dealkylation sites (tertiary alicyclic amines) is 1. The predicted molar refractivity (Wildman–Crippen MR) is 136 cm³/mol. The van der Waals surface area contributed by atoms with Crippen LogP contribution in [0, 0.1) is 5.92 Å². The molecular formula is C30H32N2O3. The lowest BCUT2D eigenvalue weighted by atomic mass is 9.78. The highest BCUT2D eigenvalue weighted by Crippen LogP contribution is 2.43. The second-order valence-electron chi connectivity index (χ2n) is 9.66. The first-order valence-electron chi connectivity index (χ1n) is 12.4. The van der Waals surface area contributed by atoms with Crippen molar-refractivity contribution < 1.29 is 14.3 Å². The van der Waals surface area contributed by atoms with Gasteiger partial charge in [-0.2, -0.15) is 0 Å². The third-order valence-corrected chi connectivity index (χ3v) is 7.60. The Morgan fingerprint density at radius 3 is 2.26 bits per heavy atom. The summed E-state index contributed by atoms with van der Waals surface area (Å²) in [6.45, 7) is 1.50. The number of piperidine rings is 1. The van der Waals surface area contributed by atoms with Crippen molar-refractivity contribution in [2.75, 3.05) is 27.2 Å². The van der Waals surface area contributed by atoms with Crippen LogP contribution in [0.25, 0.3) is 0 Å². The lowest BCUT2D eigenvalue weighted by Crippen LogP contribution is -2.48. The van der Waals surface area contributed by atoms with E-state index in [1.54, 1.807) is 19.1 Å². The minimum atomic E-state index is -0.437. The molecule has 0 saturated carbocycles. The maximum absolute atomic E-state index is 14.1. The molecule has 180 valence electrons. The summed E-state index contributed by atoms with van der Waals surface area (Å²) in [5.41, 5.74) is 3.75. The number of amides is 2. The van der Waals surface area contributed by atoms with Gasteiger partial charge >= 0.3 is 0 Å². The van der Waals surface area contributed by atoms with Crippen molar-refractivity contribution in [2.24, 2.45) is 5.92 Å². The molecule has 0 unspecified atom stereocenters. The number of carbonyl (C=O) groups is 2. The van der Waals surface area contributed by atoms with Gasteiger partial charge in [0, 0.05) is 25.7 Å². The van der Waals surface area contributed by atoms with Crippen molar-refractivity contribution in [1.29, 1.82) is 0 Å². The molecule has 3 aromatic carbocycles. The number of likely N-dealkylation sites (N-methyl/N-ethyl adjacent to an activating group) is 1. The fraction of sp³-hybridized carbons (Fsp3) is 0.333. The molecule has 0 N–H and O–H groups in total. The van der Waals surface area contributed by atoms with Crippen molar-refractivity contribution in [2.45, 2.75) is 31.2 Å². The Morgan fingerprint density at radius 1 is 0.914 bits per heavy atom. The monoisotopic (exact) mass is 468 g/mol. The second kappa shape index (κ2) is 9.95. The summed E-state index contributed by atoms with van der Waals surface area (Å²) >= 11 is 0. The molecular weight excluding hydrogens is 436 g/mol. The second-order valence-corrected chi connectivity index (χ2v) is 9.66. The van der Waals surface area contributed by atoms with E-state index in [1.807, 2.05) is 59.5 Å². The van der Waals surface area contributed by atoms with Crippen LogP contribution in [-0.4, -0.2) is 48.9 Å². The van der Waals surface area contributed by atoms with Crippen molar-refractivity contribution in [1.82, 2.24) is 9.80 Å². The number of nitrogens with zero attached hydrogens (tertiary/aromatic N) is 2. The summed E-state index contributed by atoms with van der Waals surface area (Å²) in [5, 5.41) is 0. The summed E-state index contributed by atoms with van der Waals surface area (Å²) in [4.78, 5) is 31.1. The van der Waals surface area contributed by atoms with Crippen molar-refractivity contribution in [3.8, 4) is 5.75 Å². The molecule has 2 aliphatic rings. The normalized spacial score (nSPS) is 20.5. The first kappa shape index (κ1) is 23.2. The van der Waals surface area contributed by atoms with Gasteiger partial charge in [0.1, 0.15) is 5.75 Å². The lowest BCUT2D eigenvalue weighted by Gasteiger charge is -2.43. The molecule has 2 atom stereocenters. The predicted octanol–water partition coefficient (Wildman–Crippen LogP) is 5.09. The Kier molecular flexibility index (Phi) is 6.58. The summed E-state index contributed by atoms with van der Waals surface area (Å²) < 4.78 is 5.33. The Balaban J connectivity index is 1.41. The Bertz CT molecular complexity index is 1180. The molecule has 2 amide bonds. The fourth-order valence-corrected chi connectivity index (χ4v) is 5.66. The quantitative estimate of drug-likeness (QED) is 0.524. The summed E-state index contributed by atoms with van der Waals surface area (Å²) in [6.07, 6.45) is 3.05. The van der Waals surface area contributed by atoms with E-state index in [-0.39, 0.29) is 17.9 Å². The van der Waals surface area contributed by atoms with Crippen molar-refractivity contribution >= 4 is 11.8 Å². The molecule has 2 aliphatic heterocycles. The van der Waals surface area contributed by atoms with E-state index in [4.69, 9.17) is 4.74 Å². The van der Waals surface area contributed by atoms with Gasteiger partial charge in [-0.1, -0.05) is 60.7 Å². The molecule has 35 heavy (non-hydrogen) atoms. The molecule has 5 nitrogen and oxygen atoms in total. The molecule has 5 heteroatoms. The van der Waals surface area contributed by atoms with Gasteiger partial charge in [-0.3, -0.25) is 9.59 Å². The van der Waals surface area contributed by atoms with Gasteiger partial charge in [0.2, 0.25) is 5.91 Å². The fourth-order valence-electron chi connectivity index (χ4n) is 5.66. The topological polar surface area (TPSA) is 49.9 Å². The van der Waals surface area contributed by atoms with Gasteiger partial charge in [0.05, 0.1) is 19.1 Å². The van der Waals surface area contributed by atoms with E-state index in [1.165, 1.54) is 5.56 Å². The third kappa shape index (κ3) is 4.55. The first-order chi connectivity index (χ1) is 17.1. The highest BCUT2D eigenvalue weighted by Gasteiger charge is 2.44. The van der Waals surface area contributed by atoms with Gasteiger partial charge in [0.25, 0.3) is 5.91 Å². The van der Waals surface area contributed by atoms with Gasteiger partial charge in [-0.05, 0) is 60.1 Å². The van der Waals surface area contributed by atoms with Gasteiger partial charge in [-0.25, -0.2) is 0 Å². The molecule has 0 spiro atoms. The van der Waals surface area contributed by atoms with E-state index in [9.17, 15) is 9.59 Å². The van der Waals surface area contributed by atoms with Crippen LogP contribution in [0.5, 0.6) is 5.75 Å². The zero-order chi connectivity index (χ0) is 24.4. The number of benzene rings is 3. The number of hydrogen-bond acceptors (Lipinski definition) is 3. The van der Waals surface area contributed by atoms with Crippen molar-refractivity contribution in [3.63, 3.8) is 0 Å². The number of methoxy groups -OCH3 is 1. The molecule has 0 aromatic heterocycles. The zero-order valence-corrected chi connectivity index (χ0v) is 20.4. The van der Waals surface area contributed by atoms with Crippen LogP contribution in [0.3, 0.4) is 0 Å². The highest BCUT2D eigenvalue weighted by molar-refractivity contribution is 6.01. The highest BCUT2D eigenvalue weighted by atomic mass is 16.5. The molecule has 1 saturated heterocycles. The average Bonchev–Trinajstić information content (AvgIpc) is 2.91. The first-order valence-corrected chi connectivity index (χ1v) is 12.4. The number of hydrogen-bond donors (Lipinski definition) is 0. The van der Waals surface area contributed by atoms with Crippen molar-refractivity contribution in [3.05, 3.63) is 101 Å². The van der Waals surface area contributed by atoms with Crippen LogP contribution < -0.4 is 4.74 Å². The minimum Gasteiger partial charge on any atom is -0.497 e. The Labute approximate surface area is 207 Å². The van der Waals surface area contributed by atoms with Crippen LogP contribution in [0.2, 0.25) is 0 Å². The summed E-state index contributed by atoms with van der Waals surface area (Å²) in [5.74, 6) is 0.958. The smallest absolute Gasteiger partial charge is 0.254 e. The summed E-state index contributed by atoms with van der Waals surface area (Å²) in [6, 6.07) is 25.5. The van der Waals surface area contributed by atoms with E-state index in [0.29, 0.717) is 11.5 Å². The number of ether oxygens (including phenoxy) is 1. The Hall–Kier alpha value is -3.60. The van der Waals surface area contributed by atoms with Gasteiger partial charge < -0.3 is 14.5 Å². The third-order valence-electron chi connectivity index (χ3n) is 7.60. The van der Waals surface area contributed by atoms with Crippen LogP contribution in [0.1, 0.15) is 51.8 Å². The minimum absolute atomic E-state index is 0.0490. The van der Waals surface area contributed by atoms with E-state index in [0.717, 1.165) is 49.2 Å². The molecule has 3 aromatic rings. The largest absolute Gasteiger partial charge is 0.497 e. The standard InChI is InChI=1S/C30H32N2O3/c1-31-28(23-12-14-24(35-2)15-13-23)27(25-10-6-7-11-26(25)29(31)33)30(34)32-18-16-22(17-19-32)20-21-8-4-3-5-9-21/h3-15,22,27-28H,16-20H2,1-2H3/t27-,28-/m0/s1. The number of rotatable bonds is 5. The molecule has 5 rings (SSSR count). The SMILES string of the molecule is COc1ccc([C@H]2[C@@H](C(=O)N3CCC(Cc4ccccc4)CC3)c3ccccc3C(=O)N2C)cc1. The maximum atomic E-state index is 14.1. The zero-order valence-electron chi connectivity index (χ0n) is 20.4. The lowest BCUT2D eigenvalue weighted by molar-refractivity contribution is -0.135. The van der Waals surface area contributed by atoms with Crippen LogP contribution in [0.15, 0.2) is 78.9 Å². The molecule has 0 bridgehead atoms. The Morgan fingerprint density at radius 2 is 1.57 bits per heavy atom. The number of carbonyl (C=O) groups excluding carboxylic acids is 2. The molecule has 1 fully saturated rings. The number of fused-ring (bicyclic) bond motifs is 1. The molecule has 0 radical (unpaired) electrons. The average molecular weight is 469 g/mol. The summed E-state index contributed by atoms with van der Waals surface area (Å²) in [7, 11) is 3.44. The van der Waals surface area contributed by atoms with Crippen LogP contribution in [0.4, 0.5) is 0 Å². The van der Waals surface area contributed by atoms with Crippen LogP contribution in [-0.2, 0) is 11.2 Å². The van der Waals surface area contributed by atoms with E-state index < -0.39 is 5.92 Å². The van der Waals surface area contributed by atoms with E-state index in [2.05, 4.69) is 24.3 Å². The van der Waals surface area contributed by atoms with Gasteiger partial charge in [-0.15, -0.1) is 0 Å². The van der Waals surface area contributed by atoms with Gasteiger partial charge in [0.15, 0.2) is 0 Å².